The van der Waals surface area contributed by atoms with Crippen molar-refractivity contribution in [2.45, 2.75) is 19.3 Å². The molecule has 1 aliphatic rings. The topological polar surface area (TPSA) is 67.8 Å². The Morgan fingerprint density at radius 3 is 2.72 bits per heavy atom. The average molecular weight is 259 g/mol. The lowest BCUT2D eigenvalue weighted by molar-refractivity contribution is 0.308. The molecule has 0 saturated carbocycles. The number of allylic oxidation sites excluding steroid dienone is 2. The fourth-order valence-electron chi connectivity index (χ4n) is 2.32. The van der Waals surface area contributed by atoms with Gasteiger partial charge in [0.1, 0.15) is 17.9 Å². The molecular weight excluding hydrogens is 248 g/mol. The molecule has 0 bridgehead atoms. The molecule has 2 rings (SSSR count). The van der Waals surface area contributed by atoms with Crippen LogP contribution in [0.3, 0.4) is 0 Å². The van der Waals surface area contributed by atoms with Crippen LogP contribution in [0.1, 0.15) is 17.5 Å². The predicted molar refractivity (Wildman–Crippen MR) is 67.8 cm³/mol. The molecule has 4 heteroatoms. The van der Waals surface area contributed by atoms with E-state index in [0.29, 0.717) is 11.4 Å². The molecule has 1 aliphatic carbocycles. The van der Waals surface area contributed by atoms with Crippen molar-refractivity contribution in [3.05, 3.63) is 45.7 Å². The summed E-state index contributed by atoms with van der Waals surface area (Å²) >= 11 is 6.13. The van der Waals surface area contributed by atoms with Crippen LogP contribution in [0.15, 0.2) is 29.5 Å². The second-order valence-electron chi connectivity index (χ2n) is 4.30. The van der Waals surface area contributed by atoms with Gasteiger partial charge in [0.15, 0.2) is 5.57 Å². The van der Waals surface area contributed by atoms with Gasteiger partial charge in [-0.3, -0.25) is 0 Å². The summed E-state index contributed by atoms with van der Waals surface area (Å²) in [5.41, 5.74) is 2.00. The third kappa shape index (κ3) is 2.18. The fourth-order valence-corrected chi connectivity index (χ4v) is 2.59. The smallest absolute Gasteiger partial charge is 0.167 e. The summed E-state index contributed by atoms with van der Waals surface area (Å²) in [6, 6.07) is 9.20. The maximum atomic E-state index is 9.94. The molecule has 0 aromatic heterocycles. The average Bonchev–Trinajstić information content (AvgIpc) is 2.40. The highest BCUT2D eigenvalue weighted by Gasteiger charge is 2.25. The van der Waals surface area contributed by atoms with Crippen molar-refractivity contribution in [1.29, 1.82) is 10.5 Å². The number of hydrogen-bond acceptors (Lipinski definition) is 3. The van der Waals surface area contributed by atoms with Gasteiger partial charge < -0.3 is 5.11 Å². The van der Waals surface area contributed by atoms with Gasteiger partial charge >= 0.3 is 0 Å². The highest BCUT2D eigenvalue weighted by Crippen LogP contribution is 2.34. The van der Waals surface area contributed by atoms with Gasteiger partial charge in [-0.25, -0.2) is 0 Å². The zero-order valence-corrected chi connectivity index (χ0v) is 10.4. The molecule has 18 heavy (non-hydrogen) atoms. The van der Waals surface area contributed by atoms with Crippen molar-refractivity contribution in [3.63, 3.8) is 0 Å². The number of aliphatic hydroxyl groups excluding tert-OH is 1. The Morgan fingerprint density at radius 1 is 1.33 bits per heavy atom. The summed E-state index contributed by atoms with van der Waals surface area (Å²) in [6.45, 7) is 0. The van der Waals surface area contributed by atoms with Crippen molar-refractivity contribution in [2.24, 2.45) is 5.92 Å². The van der Waals surface area contributed by atoms with E-state index in [1.54, 1.807) is 12.1 Å². The Hall–Kier alpha value is -1.97. The van der Waals surface area contributed by atoms with E-state index < -0.39 is 0 Å². The molecule has 0 radical (unpaired) electrons. The van der Waals surface area contributed by atoms with Crippen molar-refractivity contribution >= 4 is 11.6 Å². The van der Waals surface area contributed by atoms with Gasteiger partial charge in [-0.15, -0.1) is 0 Å². The molecule has 3 nitrogen and oxygen atoms in total. The van der Waals surface area contributed by atoms with Crippen molar-refractivity contribution in [3.8, 4) is 12.1 Å². The molecule has 0 amide bonds. The van der Waals surface area contributed by atoms with Gasteiger partial charge in [-0.1, -0.05) is 23.7 Å². The standard InChI is InChI=1S/C14H11ClN2O/c15-13-3-1-2-9-4-5-10(6-12(9)13)14(18)11(7-16)8-17/h1-3,10,18H,4-6H2. The largest absolute Gasteiger partial charge is 0.510 e. The summed E-state index contributed by atoms with van der Waals surface area (Å²) in [6.07, 6.45) is 2.11. The van der Waals surface area contributed by atoms with E-state index in [0.717, 1.165) is 18.4 Å². The molecule has 0 fully saturated rings. The number of fused-ring (bicyclic) bond motifs is 1. The minimum atomic E-state index is -0.199. The molecular formula is C14H11ClN2O. The minimum absolute atomic E-state index is 0.106. The second-order valence-corrected chi connectivity index (χ2v) is 4.71. The van der Waals surface area contributed by atoms with Gasteiger partial charge in [-0.05, 0) is 36.5 Å². The summed E-state index contributed by atoms with van der Waals surface area (Å²) in [5, 5.41) is 28.1. The number of rotatable bonds is 1. The van der Waals surface area contributed by atoms with E-state index in [1.165, 1.54) is 5.56 Å². The molecule has 0 heterocycles. The Labute approximate surface area is 111 Å². The summed E-state index contributed by atoms with van der Waals surface area (Å²) in [5.74, 6) is -0.294. The third-order valence-electron chi connectivity index (χ3n) is 3.29. The quantitative estimate of drug-likeness (QED) is 0.621. The molecule has 1 aromatic carbocycles. The van der Waals surface area contributed by atoms with Crippen LogP contribution >= 0.6 is 11.6 Å². The molecule has 1 atom stereocenters. The van der Waals surface area contributed by atoms with Gasteiger partial charge in [0.05, 0.1) is 0 Å². The molecule has 90 valence electrons. The first-order chi connectivity index (χ1) is 8.67. The molecule has 1 aromatic rings. The van der Waals surface area contributed by atoms with Crippen molar-refractivity contribution in [2.75, 3.05) is 0 Å². The number of nitriles is 2. The Kier molecular flexibility index (Phi) is 3.55. The molecule has 0 saturated heterocycles. The predicted octanol–water partition coefficient (Wildman–Crippen LogP) is 3.30. The lowest BCUT2D eigenvalue weighted by Crippen LogP contribution is -2.17. The normalized spacial score (nSPS) is 17.2. The summed E-state index contributed by atoms with van der Waals surface area (Å²) in [7, 11) is 0. The molecule has 1 N–H and O–H groups in total. The van der Waals surface area contributed by atoms with Gasteiger partial charge in [0.25, 0.3) is 0 Å². The first kappa shape index (κ1) is 12.5. The van der Waals surface area contributed by atoms with Crippen LogP contribution in [0.2, 0.25) is 5.02 Å². The maximum absolute atomic E-state index is 9.94. The van der Waals surface area contributed by atoms with Gasteiger partial charge in [0.2, 0.25) is 0 Å². The second kappa shape index (κ2) is 5.12. The Morgan fingerprint density at radius 2 is 2.06 bits per heavy atom. The highest BCUT2D eigenvalue weighted by atomic mass is 35.5. The minimum Gasteiger partial charge on any atom is -0.510 e. The maximum Gasteiger partial charge on any atom is 0.167 e. The monoisotopic (exact) mass is 258 g/mol. The van der Waals surface area contributed by atoms with Gasteiger partial charge in [-0.2, -0.15) is 10.5 Å². The van der Waals surface area contributed by atoms with Crippen LogP contribution in [0.25, 0.3) is 0 Å². The van der Waals surface area contributed by atoms with Gasteiger partial charge in [0, 0.05) is 10.9 Å². The lowest BCUT2D eigenvalue weighted by Gasteiger charge is -2.24. The highest BCUT2D eigenvalue weighted by molar-refractivity contribution is 6.31. The number of halogens is 1. The Bertz CT molecular complexity index is 577. The fraction of sp³-hybridized carbons (Fsp3) is 0.286. The number of benzene rings is 1. The van der Waals surface area contributed by atoms with E-state index in [2.05, 4.69) is 0 Å². The zero-order chi connectivity index (χ0) is 13.1. The summed E-state index contributed by atoms with van der Waals surface area (Å²) in [4.78, 5) is 0. The summed E-state index contributed by atoms with van der Waals surface area (Å²) < 4.78 is 0. The lowest BCUT2D eigenvalue weighted by atomic mass is 9.82. The molecule has 0 aliphatic heterocycles. The number of nitrogens with zero attached hydrogens (tertiary/aromatic N) is 2. The van der Waals surface area contributed by atoms with E-state index in [1.807, 2.05) is 18.2 Å². The number of aliphatic hydroxyl groups is 1. The first-order valence-corrected chi connectivity index (χ1v) is 6.04. The third-order valence-corrected chi connectivity index (χ3v) is 3.65. The van der Waals surface area contributed by atoms with Crippen LogP contribution < -0.4 is 0 Å². The van der Waals surface area contributed by atoms with E-state index >= 15 is 0 Å². The van der Waals surface area contributed by atoms with Crippen LogP contribution in [0, 0.1) is 28.6 Å². The van der Waals surface area contributed by atoms with E-state index in [9.17, 15) is 5.11 Å². The van der Waals surface area contributed by atoms with E-state index in [4.69, 9.17) is 22.1 Å². The van der Waals surface area contributed by atoms with E-state index in [-0.39, 0.29) is 17.3 Å². The Balaban J connectivity index is 2.34. The van der Waals surface area contributed by atoms with Crippen LogP contribution in [-0.2, 0) is 12.8 Å². The van der Waals surface area contributed by atoms with Crippen LogP contribution in [0.5, 0.6) is 0 Å². The zero-order valence-electron chi connectivity index (χ0n) is 9.65. The van der Waals surface area contributed by atoms with Crippen LogP contribution in [-0.4, -0.2) is 5.11 Å². The van der Waals surface area contributed by atoms with Crippen molar-refractivity contribution in [1.82, 2.24) is 0 Å². The SMILES string of the molecule is N#CC(C#N)=C(O)C1CCc2cccc(Cl)c2C1. The number of aryl methyl sites for hydroxylation is 1. The molecule has 0 spiro atoms. The van der Waals surface area contributed by atoms with Crippen LogP contribution in [0.4, 0.5) is 0 Å². The first-order valence-electron chi connectivity index (χ1n) is 5.67. The molecule has 1 unspecified atom stereocenters. The number of hydrogen-bond donors (Lipinski definition) is 1. The van der Waals surface area contributed by atoms with Crippen molar-refractivity contribution < 1.29 is 5.11 Å².